The maximum atomic E-state index is 12.8. The predicted molar refractivity (Wildman–Crippen MR) is 97.8 cm³/mol. The molecule has 0 radical (unpaired) electrons. The lowest BCUT2D eigenvalue weighted by molar-refractivity contribution is -0.137. The number of hydrogen-bond acceptors (Lipinski definition) is 4. The third kappa shape index (κ3) is 4.93. The van der Waals surface area contributed by atoms with Gasteiger partial charge < -0.3 is 0 Å². The van der Waals surface area contributed by atoms with Gasteiger partial charge in [0.1, 0.15) is 0 Å². The molecule has 28 heavy (non-hydrogen) atoms. The Morgan fingerprint density at radius 1 is 0.929 bits per heavy atom. The predicted octanol–water partition coefficient (Wildman–Crippen LogP) is 3.68. The topological polar surface area (TPSA) is 72.0 Å². The zero-order valence-electron chi connectivity index (χ0n) is 14.5. The van der Waals surface area contributed by atoms with E-state index >= 15 is 0 Å². The molecule has 0 saturated carbocycles. The van der Waals surface area contributed by atoms with Crippen LogP contribution < -0.4 is 4.72 Å². The molecule has 0 aliphatic carbocycles. The molecule has 0 saturated heterocycles. The number of sulfonamides is 1. The normalized spacial score (nSPS) is 12.1. The van der Waals surface area contributed by atoms with Crippen molar-refractivity contribution in [3.63, 3.8) is 0 Å². The molecule has 0 fully saturated rings. The lowest BCUT2D eigenvalue weighted by atomic mass is 10.2. The highest BCUT2D eigenvalue weighted by Gasteiger charge is 2.31. The van der Waals surface area contributed by atoms with Crippen LogP contribution in [0.2, 0.25) is 0 Å². The number of nitrogens with zero attached hydrogens (tertiary/aromatic N) is 2. The van der Waals surface area contributed by atoms with Crippen molar-refractivity contribution in [2.45, 2.75) is 17.5 Å². The van der Waals surface area contributed by atoms with Crippen LogP contribution in [-0.2, 0) is 22.6 Å². The van der Waals surface area contributed by atoms with Crippen LogP contribution in [-0.4, -0.2) is 24.9 Å². The van der Waals surface area contributed by atoms with E-state index in [0.717, 1.165) is 23.8 Å². The van der Waals surface area contributed by atoms with Gasteiger partial charge in [-0.3, -0.25) is 0 Å². The second kappa shape index (κ2) is 8.07. The van der Waals surface area contributed by atoms with E-state index in [2.05, 4.69) is 14.7 Å². The average Bonchev–Trinajstić information content (AvgIpc) is 2.68. The highest BCUT2D eigenvalue weighted by atomic mass is 32.2. The molecule has 1 aromatic heterocycles. The second-order valence-corrected chi connectivity index (χ2v) is 7.72. The Kier molecular flexibility index (Phi) is 5.76. The molecule has 2 aromatic carbocycles. The molecule has 146 valence electrons. The van der Waals surface area contributed by atoms with Gasteiger partial charge in [-0.2, -0.15) is 13.2 Å². The Morgan fingerprint density at radius 2 is 1.61 bits per heavy atom. The second-order valence-electron chi connectivity index (χ2n) is 5.95. The van der Waals surface area contributed by atoms with Gasteiger partial charge in [-0.1, -0.05) is 36.4 Å². The number of alkyl halides is 3. The summed E-state index contributed by atoms with van der Waals surface area (Å²) in [5, 5.41) is 0. The Bertz CT molecular complexity index is 1040. The molecule has 3 rings (SSSR count). The molecular formula is C19H16F3N3O2S. The van der Waals surface area contributed by atoms with Crippen molar-refractivity contribution < 1.29 is 21.6 Å². The van der Waals surface area contributed by atoms with Crippen LogP contribution in [0.1, 0.15) is 11.1 Å². The molecule has 3 aromatic rings. The van der Waals surface area contributed by atoms with Gasteiger partial charge in [-0.25, -0.2) is 23.1 Å². The fourth-order valence-corrected chi connectivity index (χ4v) is 3.55. The fraction of sp³-hybridized carbons (Fsp3) is 0.158. The first-order valence-corrected chi connectivity index (χ1v) is 9.77. The number of rotatable bonds is 6. The SMILES string of the molecule is O=S(=O)(NCCc1cnc(-c2ccccc2)nc1)c1cccc(C(F)(F)F)c1. The maximum Gasteiger partial charge on any atom is 0.416 e. The van der Waals surface area contributed by atoms with E-state index in [1.807, 2.05) is 30.3 Å². The smallest absolute Gasteiger partial charge is 0.236 e. The maximum absolute atomic E-state index is 12.8. The van der Waals surface area contributed by atoms with Crippen LogP contribution in [0.4, 0.5) is 13.2 Å². The number of nitrogens with one attached hydrogen (secondary N) is 1. The van der Waals surface area contributed by atoms with Crippen LogP contribution in [0.5, 0.6) is 0 Å². The lowest BCUT2D eigenvalue weighted by Gasteiger charge is -2.10. The van der Waals surface area contributed by atoms with Crippen molar-refractivity contribution >= 4 is 10.0 Å². The number of aromatic nitrogens is 2. The number of halogens is 3. The summed E-state index contributed by atoms with van der Waals surface area (Å²) in [6, 6.07) is 13.0. The molecule has 0 aliphatic heterocycles. The Hall–Kier alpha value is -2.78. The van der Waals surface area contributed by atoms with Gasteiger partial charge in [0.2, 0.25) is 10.0 Å². The first kappa shape index (κ1) is 20.0. The van der Waals surface area contributed by atoms with E-state index in [9.17, 15) is 21.6 Å². The Labute approximate surface area is 160 Å². The van der Waals surface area contributed by atoms with Crippen molar-refractivity contribution in [2.24, 2.45) is 0 Å². The molecule has 1 heterocycles. The molecule has 0 aliphatic rings. The van der Waals surface area contributed by atoms with Gasteiger partial charge >= 0.3 is 6.18 Å². The molecule has 0 spiro atoms. The van der Waals surface area contributed by atoms with Crippen LogP contribution in [0.3, 0.4) is 0 Å². The largest absolute Gasteiger partial charge is 0.416 e. The van der Waals surface area contributed by atoms with Crippen LogP contribution >= 0.6 is 0 Å². The molecule has 0 atom stereocenters. The summed E-state index contributed by atoms with van der Waals surface area (Å²) in [6.45, 7) is 0.00657. The van der Waals surface area contributed by atoms with E-state index in [-0.39, 0.29) is 6.54 Å². The minimum Gasteiger partial charge on any atom is -0.236 e. The summed E-state index contributed by atoms with van der Waals surface area (Å²) in [5.41, 5.74) is 0.547. The van der Waals surface area contributed by atoms with Crippen molar-refractivity contribution in [1.82, 2.24) is 14.7 Å². The molecule has 0 unspecified atom stereocenters. The Morgan fingerprint density at radius 3 is 2.25 bits per heavy atom. The monoisotopic (exact) mass is 407 g/mol. The van der Waals surface area contributed by atoms with Crippen molar-refractivity contribution in [1.29, 1.82) is 0 Å². The third-order valence-electron chi connectivity index (χ3n) is 3.91. The first-order valence-electron chi connectivity index (χ1n) is 8.29. The summed E-state index contributed by atoms with van der Waals surface area (Å²) in [5.74, 6) is 0.550. The van der Waals surface area contributed by atoms with Crippen LogP contribution in [0.25, 0.3) is 11.4 Å². The van der Waals surface area contributed by atoms with Crippen molar-refractivity contribution in [2.75, 3.05) is 6.54 Å². The van der Waals surface area contributed by atoms with Crippen molar-refractivity contribution in [3.8, 4) is 11.4 Å². The highest BCUT2D eigenvalue weighted by molar-refractivity contribution is 7.89. The van der Waals surface area contributed by atoms with E-state index in [0.29, 0.717) is 23.9 Å². The van der Waals surface area contributed by atoms with Gasteiger partial charge in [0, 0.05) is 24.5 Å². The molecule has 0 bridgehead atoms. The summed E-state index contributed by atoms with van der Waals surface area (Å²) in [6.07, 6.45) is -1.13. The minimum atomic E-state index is -4.61. The highest BCUT2D eigenvalue weighted by Crippen LogP contribution is 2.30. The molecule has 5 nitrogen and oxygen atoms in total. The number of hydrogen-bond donors (Lipinski definition) is 1. The number of benzene rings is 2. The summed E-state index contributed by atoms with van der Waals surface area (Å²) < 4.78 is 65.0. The molecule has 9 heteroatoms. The van der Waals surface area contributed by atoms with Gasteiger partial charge in [0.05, 0.1) is 10.5 Å². The van der Waals surface area contributed by atoms with E-state index in [1.54, 1.807) is 12.4 Å². The summed E-state index contributed by atoms with van der Waals surface area (Å²) in [4.78, 5) is 8.06. The van der Waals surface area contributed by atoms with Crippen LogP contribution in [0, 0.1) is 0 Å². The van der Waals surface area contributed by atoms with Gasteiger partial charge in [0.25, 0.3) is 0 Å². The first-order chi connectivity index (χ1) is 13.3. The summed E-state index contributed by atoms with van der Waals surface area (Å²) >= 11 is 0. The zero-order chi connectivity index (χ0) is 20.2. The zero-order valence-corrected chi connectivity index (χ0v) is 15.3. The van der Waals surface area contributed by atoms with Gasteiger partial charge in [-0.15, -0.1) is 0 Å². The molecule has 0 amide bonds. The molecular weight excluding hydrogens is 391 g/mol. The quantitative estimate of drug-likeness (QED) is 0.677. The van der Waals surface area contributed by atoms with Crippen LogP contribution in [0.15, 0.2) is 71.9 Å². The fourth-order valence-electron chi connectivity index (χ4n) is 2.47. The third-order valence-corrected chi connectivity index (χ3v) is 5.37. The lowest BCUT2D eigenvalue weighted by Crippen LogP contribution is -2.26. The molecule has 1 N–H and O–H groups in total. The average molecular weight is 407 g/mol. The van der Waals surface area contributed by atoms with E-state index < -0.39 is 26.7 Å². The summed E-state index contributed by atoms with van der Waals surface area (Å²) in [7, 11) is -4.06. The minimum absolute atomic E-state index is 0.00657. The standard InChI is InChI=1S/C19H16F3N3O2S/c20-19(21,22)16-7-4-8-17(11-16)28(26,27)25-10-9-14-12-23-18(24-13-14)15-5-2-1-3-6-15/h1-8,11-13,25H,9-10H2. The van der Waals surface area contributed by atoms with Crippen molar-refractivity contribution in [3.05, 3.63) is 78.1 Å². The van der Waals surface area contributed by atoms with E-state index in [4.69, 9.17) is 0 Å². The van der Waals surface area contributed by atoms with Gasteiger partial charge in [0.15, 0.2) is 5.82 Å². The van der Waals surface area contributed by atoms with Gasteiger partial charge in [-0.05, 0) is 30.2 Å². The Balaban J connectivity index is 1.63. The van der Waals surface area contributed by atoms with E-state index in [1.165, 1.54) is 0 Å².